The Morgan fingerprint density at radius 2 is 1.87 bits per heavy atom. The Morgan fingerprint density at radius 3 is 2.53 bits per heavy atom. The molecule has 0 saturated heterocycles. The SMILES string of the molecule is Cc1ccc(CNCCNC2CC2)cc1. The van der Waals surface area contributed by atoms with Crippen LogP contribution in [0.15, 0.2) is 24.3 Å². The Morgan fingerprint density at radius 1 is 1.13 bits per heavy atom. The highest BCUT2D eigenvalue weighted by Crippen LogP contribution is 2.17. The van der Waals surface area contributed by atoms with E-state index in [1.165, 1.54) is 24.0 Å². The van der Waals surface area contributed by atoms with Gasteiger partial charge in [-0.15, -0.1) is 0 Å². The van der Waals surface area contributed by atoms with Gasteiger partial charge in [-0.25, -0.2) is 0 Å². The van der Waals surface area contributed by atoms with Gasteiger partial charge in [0.2, 0.25) is 0 Å². The molecule has 1 fully saturated rings. The second-order valence-corrected chi connectivity index (χ2v) is 4.39. The van der Waals surface area contributed by atoms with Crippen molar-refractivity contribution < 1.29 is 0 Å². The van der Waals surface area contributed by atoms with Crippen LogP contribution in [0.3, 0.4) is 0 Å². The van der Waals surface area contributed by atoms with E-state index in [2.05, 4.69) is 41.8 Å². The Bertz CT molecular complexity index is 288. The lowest BCUT2D eigenvalue weighted by Crippen LogP contribution is -2.28. The third-order valence-electron chi connectivity index (χ3n) is 2.76. The maximum absolute atomic E-state index is 3.49. The lowest BCUT2D eigenvalue weighted by molar-refractivity contribution is 0.608. The third kappa shape index (κ3) is 4.02. The molecule has 2 N–H and O–H groups in total. The molecular weight excluding hydrogens is 184 g/mol. The average Bonchev–Trinajstić information content (AvgIpc) is 3.04. The van der Waals surface area contributed by atoms with E-state index >= 15 is 0 Å². The fraction of sp³-hybridized carbons (Fsp3) is 0.538. The maximum Gasteiger partial charge on any atom is 0.0206 e. The van der Waals surface area contributed by atoms with Crippen molar-refractivity contribution in [2.24, 2.45) is 0 Å². The predicted octanol–water partition coefficient (Wildman–Crippen LogP) is 1.84. The smallest absolute Gasteiger partial charge is 0.0206 e. The van der Waals surface area contributed by atoms with Crippen LogP contribution in [0.4, 0.5) is 0 Å². The number of hydrogen-bond donors (Lipinski definition) is 2. The van der Waals surface area contributed by atoms with Crippen LogP contribution in [0.25, 0.3) is 0 Å². The number of aryl methyl sites for hydroxylation is 1. The Hall–Kier alpha value is -0.860. The Kier molecular flexibility index (Phi) is 3.75. The van der Waals surface area contributed by atoms with E-state index in [9.17, 15) is 0 Å². The van der Waals surface area contributed by atoms with Crippen molar-refractivity contribution in [1.82, 2.24) is 10.6 Å². The van der Waals surface area contributed by atoms with Crippen molar-refractivity contribution in [1.29, 1.82) is 0 Å². The Balaban J connectivity index is 1.58. The van der Waals surface area contributed by atoms with Crippen LogP contribution < -0.4 is 10.6 Å². The molecule has 2 rings (SSSR count). The molecule has 1 aliphatic carbocycles. The van der Waals surface area contributed by atoms with Gasteiger partial charge in [0.1, 0.15) is 0 Å². The first-order valence-corrected chi connectivity index (χ1v) is 5.84. The monoisotopic (exact) mass is 204 g/mol. The van der Waals surface area contributed by atoms with Gasteiger partial charge in [0.15, 0.2) is 0 Å². The summed E-state index contributed by atoms with van der Waals surface area (Å²) in [5, 5.41) is 6.93. The largest absolute Gasteiger partial charge is 0.313 e. The summed E-state index contributed by atoms with van der Waals surface area (Å²) in [6, 6.07) is 9.54. The quantitative estimate of drug-likeness (QED) is 0.691. The highest BCUT2D eigenvalue weighted by atomic mass is 15.0. The lowest BCUT2D eigenvalue weighted by atomic mass is 10.1. The minimum Gasteiger partial charge on any atom is -0.313 e. The summed E-state index contributed by atoms with van der Waals surface area (Å²) in [5.74, 6) is 0. The highest BCUT2D eigenvalue weighted by Gasteiger charge is 2.19. The van der Waals surface area contributed by atoms with Crippen LogP contribution >= 0.6 is 0 Å². The van der Waals surface area contributed by atoms with Crippen LogP contribution in [0.2, 0.25) is 0 Å². The van der Waals surface area contributed by atoms with Crippen molar-refractivity contribution in [2.45, 2.75) is 32.4 Å². The topological polar surface area (TPSA) is 24.1 Å². The van der Waals surface area contributed by atoms with E-state index < -0.39 is 0 Å². The molecule has 0 spiro atoms. The minimum absolute atomic E-state index is 0.825. The molecule has 0 atom stereocenters. The molecule has 1 aromatic rings. The van der Waals surface area contributed by atoms with Gasteiger partial charge in [0, 0.05) is 25.7 Å². The Labute approximate surface area is 92.1 Å². The third-order valence-corrected chi connectivity index (χ3v) is 2.76. The molecule has 82 valence electrons. The second kappa shape index (κ2) is 5.29. The predicted molar refractivity (Wildman–Crippen MR) is 63.9 cm³/mol. The summed E-state index contributed by atoms with van der Waals surface area (Å²) < 4.78 is 0. The molecule has 0 unspecified atom stereocenters. The number of benzene rings is 1. The molecule has 0 aromatic heterocycles. The number of nitrogens with one attached hydrogen (secondary N) is 2. The van der Waals surface area contributed by atoms with Crippen molar-refractivity contribution in [2.75, 3.05) is 13.1 Å². The summed E-state index contributed by atoms with van der Waals surface area (Å²) in [5.41, 5.74) is 2.70. The summed E-state index contributed by atoms with van der Waals surface area (Å²) in [4.78, 5) is 0. The maximum atomic E-state index is 3.49. The average molecular weight is 204 g/mol. The normalized spacial score (nSPS) is 15.5. The summed E-state index contributed by atoms with van der Waals surface area (Å²) in [6.07, 6.45) is 2.75. The van der Waals surface area contributed by atoms with Crippen molar-refractivity contribution in [3.63, 3.8) is 0 Å². The minimum atomic E-state index is 0.825. The van der Waals surface area contributed by atoms with Crippen LogP contribution in [-0.4, -0.2) is 19.1 Å². The van der Waals surface area contributed by atoms with Gasteiger partial charge in [-0.05, 0) is 25.3 Å². The first-order valence-electron chi connectivity index (χ1n) is 5.84. The second-order valence-electron chi connectivity index (χ2n) is 4.39. The van der Waals surface area contributed by atoms with Crippen LogP contribution in [0, 0.1) is 6.92 Å². The van der Waals surface area contributed by atoms with Crippen LogP contribution in [0.5, 0.6) is 0 Å². The first kappa shape index (κ1) is 10.7. The molecule has 1 saturated carbocycles. The summed E-state index contributed by atoms with van der Waals surface area (Å²) >= 11 is 0. The molecule has 1 aliphatic rings. The standard InChI is InChI=1S/C13H20N2/c1-11-2-4-12(5-3-11)10-14-8-9-15-13-6-7-13/h2-5,13-15H,6-10H2,1H3. The molecule has 2 nitrogen and oxygen atoms in total. The van der Waals surface area contributed by atoms with E-state index in [1.54, 1.807) is 0 Å². The molecule has 0 aliphatic heterocycles. The van der Waals surface area contributed by atoms with Crippen LogP contribution in [0.1, 0.15) is 24.0 Å². The molecule has 0 radical (unpaired) electrons. The summed E-state index contributed by atoms with van der Waals surface area (Å²) in [7, 11) is 0. The van der Waals surface area contributed by atoms with Crippen molar-refractivity contribution in [3.05, 3.63) is 35.4 Å². The zero-order valence-corrected chi connectivity index (χ0v) is 9.42. The zero-order chi connectivity index (χ0) is 10.5. The van der Waals surface area contributed by atoms with E-state index in [4.69, 9.17) is 0 Å². The van der Waals surface area contributed by atoms with Gasteiger partial charge in [-0.2, -0.15) is 0 Å². The fourth-order valence-electron chi connectivity index (χ4n) is 1.59. The van der Waals surface area contributed by atoms with Crippen molar-refractivity contribution >= 4 is 0 Å². The van der Waals surface area contributed by atoms with E-state index in [0.29, 0.717) is 0 Å². The molecule has 2 heteroatoms. The van der Waals surface area contributed by atoms with Crippen LogP contribution in [-0.2, 0) is 6.54 Å². The zero-order valence-electron chi connectivity index (χ0n) is 9.42. The molecule has 0 amide bonds. The van der Waals surface area contributed by atoms with E-state index in [-0.39, 0.29) is 0 Å². The van der Waals surface area contributed by atoms with E-state index in [0.717, 1.165) is 25.7 Å². The number of hydrogen-bond acceptors (Lipinski definition) is 2. The molecule has 0 bridgehead atoms. The number of rotatable bonds is 6. The van der Waals surface area contributed by atoms with Gasteiger partial charge in [-0.3, -0.25) is 0 Å². The molecular formula is C13H20N2. The van der Waals surface area contributed by atoms with Gasteiger partial charge in [-0.1, -0.05) is 29.8 Å². The molecule has 0 heterocycles. The first-order chi connectivity index (χ1) is 7.34. The highest BCUT2D eigenvalue weighted by molar-refractivity contribution is 5.20. The molecule has 15 heavy (non-hydrogen) atoms. The van der Waals surface area contributed by atoms with Gasteiger partial charge < -0.3 is 10.6 Å². The fourth-order valence-corrected chi connectivity index (χ4v) is 1.59. The lowest BCUT2D eigenvalue weighted by Gasteiger charge is -2.06. The van der Waals surface area contributed by atoms with E-state index in [1.807, 2.05) is 0 Å². The van der Waals surface area contributed by atoms with Gasteiger partial charge in [0.05, 0.1) is 0 Å². The van der Waals surface area contributed by atoms with Gasteiger partial charge >= 0.3 is 0 Å². The molecule has 1 aromatic carbocycles. The summed E-state index contributed by atoms with van der Waals surface area (Å²) in [6.45, 7) is 5.25. The van der Waals surface area contributed by atoms with Gasteiger partial charge in [0.25, 0.3) is 0 Å². The van der Waals surface area contributed by atoms with Crippen molar-refractivity contribution in [3.8, 4) is 0 Å².